The Morgan fingerprint density at radius 2 is 2.05 bits per heavy atom. The van der Waals surface area contributed by atoms with Crippen LogP contribution in [0.2, 0.25) is 0 Å². The van der Waals surface area contributed by atoms with Gasteiger partial charge in [0.25, 0.3) is 0 Å². The smallest absolute Gasteiger partial charge is 0.232 e. The van der Waals surface area contributed by atoms with Gasteiger partial charge in [-0.3, -0.25) is 4.98 Å². The van der Waals surface area contributed by atoms with Crippen LogP contribution in [0.1, 0.15) is 17.4 Å². The van der Waals surface area contributed by atoms with Crippen LogP contribution in [-0.4, -0.2) is 28.7 Å². The van der Waals surface area contributed by atoms with Gasteiger partial charge in [0.1, 0.15) is 0 Å². The molecule has 2 N–H and O–H groups in total. The summed E-state index contributed by atoms with van der Waals surface area (Å²) in [5.41, 5.74) is 1.64. The first kappa shape index (κ1) is 14.9. The summed E-state index contributed by atoms with van der Waals surface area (Å²) < 4.78 is 6.00. The molecule has 1 aromatic carbocycles. The summed E-state index contributed by atoms with van der Waals surface area (Å²) in [7, 11) is 1.55. The Kier molecular flexibility index (Phi) is 5.46. The molecule has 1 heterocycles. The van der Waals surface area contributed by atoms with E-state index in [9.17, 15) is 5.11 Å². The number of benzene rings is 1. The second kappa shape index (κ2) is 7.33. The van der Waals surface area contributed by atoms with E-state index in [4.69, 9.17) is 4.74 Å². The number of rotatable bonds is 6. The number of ether oxygens (including phenoxy) is 1. The molecule has 0 aliphatic carbocycles. The van der Waals surface area contributed by atoms with Crippen LogP contribution in [-0.2, 0) is 6.54 Å². The largest absolute Gasteiger partial charge is 0.480 e. The lowest BCUT2D eigenvalue weighted by Gasteiger charge is -2.12. The van der Waals surface area contributed by atoms with Crippen LogP contribution in [0.4, 0.5) is 0 Å². The molecule has 0 saturated heterocycles. The normalized spacial score (nSPS) is 12.2. The monoisotopic (exact) mass is 337 g/mol. The Bertz CT molecular complexity index is 548. The van der Waals surface area contributed by atoms with Crippen LogP contribution in [0.3, 0.4) is 0 Å². The third kappa shape index (κ3) is 4.26. The van der Waals surface area contributed by atoms with Crippen molar-refractivity contribution in [2.45, 2.75) is 12.6 Å². The number of aliphatic hydroxyl groups is 1. The summed E-state index contributed by atoms with van der Waals surface area (Å²) in [5.74, 6) is 0.484. The first-order valence-electron chi connectivity index (χ1n) is 6.18. The average molecular weight is 338 g/mol. The molecule has 1 atom stereocenters. The average Bonchev–Trinajstić information content (AvgIpc) is 2.48. The van der Waals surface area contributed by atoms with Crippen molar-refractivity contribution in [3.8, 4) is 5.88 Å². The van der Waals surface area contributed by atoms with E-state index in [0.717, 1.165) is 15.7 Å². The van der Waals surface area contributed by atoms with Gasteiger partial charge in [-0.05, 0) is 17.7 Å². The number of hydrogen-bond acceptors (Lipinski definition) is 5. The Labute approximate surface area is 126 Å². The van der Waals surface area contributed by atoms with E-state index in [2.05, 4.69) is 31.2 Å². The van der Waals surface area contributed by atoms with E-state index in [1.807, 2.05) is 24.3 Å². The molecule has 0 unspecified atom stereocenters. The topological polar surface area (TPSA) is 67.3 Å². The summed E-state index contributed by atoms with van der Waals surface area (Å²) in [6.45, 7) is 0.971. The number of nitrogens with one attached hydrogen (secondary N) is 1. The van der Waals surface area contributed by atoms with Crippen LogP contribution >= 0.6 is 15.9 Å². The number of hydrogen-bond donors (Lipinski definition) is 2. The van der Waals surface area contributed by atoms with Crippen molar-refractivity contribution in [1.29, 1.82) is 0 Å². The highest BCUT2D eigenvalue weighted by Crippen LogP contribution is 2.16. The second-order valence-electron chi connectivity index (χ2n) is 4.25. The third-order valence-electron chi connectivity index (χ3n) is 2.77. The maximum Gasteiger partial charge on any atom is 0.232 e. The maximum atomic E-state index is 10.1. The molecular weight excluding hydrogens is 322 g/mol. The van der Waals surface area contributed by atoms with E-state index in [-0.39, 0.29) is 0 Å². The molecular formula is C14H16BrN3O2. The lowest BCUT2D eigenvalue weighted by molar-refractivity contribution is 0.174. The van der Waals surface area contributed by atoms with Crippen molar-refractivity contribution in [1.82, 2.24) is 15.3 Å². The highest BCUT2D eigenvalue weighted by atomic mass is 79.9. The van der Waals surface area contributed by atoms with E-state index in [0.29, 0.717) is 19.0 Å². The van der Waals surface area contributed by atoms with Gasteiger partial charge in [-0.15, -0.1) is 0 Å². The Hall–Kier alpha value is -1.50. The molecule has 0 amide bonds. The molecule has 2 aromatic rings. The van der Waals surface area contributed by atoms with Crippen LogP contribution in [0.25, 0.3) is 0 Å². The van der Waals surface area contributed by atoms with Gasteiger partial charge in [-0.25, -0.2) is 4.98 Å². The number of nitrogens with zero attached hydrogens (tertiary/aromatic N) is 2. The molecule has 5 nitrogen and oxygen atoms in total. The minimum atomic E-state index is -0.554. The second-order valence-corrected chi connectivity index (χ2v) is 5.17. The third-order valence-corrected chi connectivity index (χ3v) is 3.30. The van der Waals surface area contributed by atoms with E-state index >= 15 is 0 Å². The minimum absolute atomic E-state index is 0.445. The molecule has 0 saturated carbocycles. The van der Waals surface area contributed by atoms with Crippen molar-refractivity contribution in [3.05, 3.63) is 52.4 Å². The Balaban J connectivity index is 1.84. The highest BCUT2D eigenvalue weighted by Gasteiger charge is 2.07. The number of aromatic nitrogens is 2. The van der Waals surface area contributed by atoms with Gasteiger partial charge in [-0.2, -0.15) is 0 Å². The van der Waals surface area contributed by atoms with Gasteiger partial charge in [0.15, 0.2) is 0 Å². The SMILES string of the molecule is COc1cncc(CNC[C@@H](O)c2ccc(Br)cc2)n1. The Morgan fingerprint density at radius 3 is 2.75 bits per heavy atom. The maximum absolute atomic E-state index is 10.1. The zero-order chi connectivity index (χ0) is 14.4. The number of methoxy groups -OCH3 is 1. The fraction of sp³-hybridized carbons (Fsp3) is 0.286. The molecule has 6 heteroatoms. The first-order valence-corrected chi connectivity index (χ1v) is 6.97. The quantitative estimate of drug-likeness (QED) is 0.844. The van der Waals surface area contributed by atoms with E-state index < -0.39 is 6.10 Å². The van der Waals surface area contributed by atoms with Crippen molar-refractivity contribution in [2.24, 2.45) is 0 Å². The van der Waals surface area contributed by atoms with Gasteiger partial charge in [0.05, 0.1) is 25.1 Å². The summed E-state index contributed by atoms with van der Waals surface area (Å²) in [6, 6.07) is 7.60. The van der Waals surface area contributed by atoms with Crippen LogP contribution in [0.15, 0.2) is 41.1 Å². The lowest BCUT2D eigenvalue weighted by Crippen LogP contribution is -2.21. The lowest BCUT2D eigenvalue weighted by atomic mass is 10.1. The molecule has 0 aliphatic rings. The van der Waals surface area contributed by atoms with Crippen LogP contribution in [0.5, 0.6) is 5.88 Å². The molecule has 0 spiro atoms. The van der Waals surface area contributed by atoms with Crippen LogP contribution < -0.4 is 10.1 Å². The zero-order valence-electron chi connectivity index (χ0n) is 11.1. The molecule has 0 radical (unpaired) electrons. The molecule has 2 rings (SSSR count). The van der Waals surface area contributed by atoms with Gasteiger partial charge >= 0.3 is 0 Å². The molecule has 1 aromatic heterocycles. The predicted molar refractivity (Wildman–Crippen MR) is 79.4 cm³/mol. The summed E-state index contributed by atoms with van der Waals surface area (Å²) >= 11 is 3.37. The standard InChI is InChI=1S/C14H16BrN3O2/c1-20-14-9-17-7-12(18-14)6-16-8-13(19)10-2-4-11(15)5-3-10/h2-5,7,9,13,16,19H,6,8H2,1H3/t13-/m1/s1. The zero-order valence-corrected chi connectivity index (χ0v) is 12.7. The molecule has 106 valence electrons. The number of aliphatic hydroxyl groups excluding tert-OH is 1. The molecule has 0 fully saturated rings. The summed E-state index contributed by atoms with van der Waals surface area (Å²) in [5, 5.41) is 13.2. The fourth-order valence-electron chi connectivity index (χ4n) is 1.71. The van der Waals surface area contributed by atoms with Gasteiger partial charge in [-0.1, -0.05) is 28.1 Å². The van der Waals surface area contributed by atoms with Gasteiger partial charge < -0.3 is 15.2 Å². The van der Waals surface area contributed by atoms with E-state index in [1.54, 1.807) is 19.5 Å². The summed E-state index contributed by atoms with van der Waals surface area (Å²) in [4.78, 5) is 8.26. The molecule has 20 heavy (non-hydrogen) atoms. The summed E-state index contributed by atoms with van der Waals surface area (Å²) in [6.07, 6.45) is 2.67. The van der Waals surface area contributed by atoms with Crippen molar-refractivity contribution in [3.63, 3.8) is 0 Å². The van der Waals surface area contributed by atoms with Crippen molar-refractivity contribution in [2.75, 3.05) is 13.7 Å². The van der Waals surface area contributed by atoms with Crippen LogP contribution in [0, 0.1) is 0 Å². The van der Waals surface area contributed by atoms with Gasteiger partial charge in [0.2, 0.25) is 5.88 Å². The highest BCUT2D eigenvalue weighted by molar-refractivity contribution is 9.10. The van der Waals surface area contributed by atoms with Crippen molar-refractivity contribution < 1.29 is 9.84 Å². The van der Waals surface area contributed by atoms with E-state index in [1.165, 1.54) is 0 Å². The Morgan fingerprint density at radius 1 is 1.30 bits per heavy atom. The minimum Gasteiger partial charge on any atom is -0.480 e. The molecule has 0 aliphatic heterocycles. The molecule has 0 bridgehead atoms. The van der Waals surface area contributed by atoms with Crippen molar-refractivity contribution >= 4 is 15.9 Å². The van der Waals surface area contributed by atoms with Gasteiger partial charge in [0, 0.05) is 23.8 Å². The first-order chi connectivity index (χ1) is 9.69. The fourth-order valence-corrected chi connectivity index (χ4v) is 1.97. The predicted octanol–water partition coefficient (Wildman–Crippen LogP) is 2.07. The number of halogens is 1.